The summed E-state index contributed by atoms with van der Waals surface area (Å²) in [6.07, 6.45) is 2.42. The van der Waals surface area contributed by atoms with E-state index in [1.807, 2.05) is 0 Å². The fraction of sp³-hybridized carbons (Fsp3) is 0.824. The van der Waals surface area contributed by atoms with Gasteiger partial charge in [-0.05, 0) is 117 Å². The minimum atomic E-state index is -2.24. The lowest BCUT2D eigenvalue weighted by Gasteiger charge is -2.38. The normalized spacial score (nSPS) is 13.9. The maximum Gasteiger partial charge on any atom is 0.333 e. The van der Waals surface area contributed by atoms with E-state index >= 15 is 0 Å². The number of carbonyl (C=O) groups excluding carboxylic acids is 2. The number of aliphatic hydroxyl groups is 2. The zero-order valence-corrected chi connectivity index (χ0v) is 39.1. The fourth-order valence-electron chi connectivity index (χ4n) is 4.85. The predicted octanol–water partition coefficient (Wildman–Crippen LogP) is 7.36. The average molecular weight is 799 g/mol. The van der Waals surface area contributed by atoms with Crippen LogP contribution < -0.4 is 0 Å². The molecule has 0 aliphatic carbocycles. The number of rotatable bonds is 26. The Bertz CT molecular complexity index is 989. The van der Waals surface area contributed by atoms with E-state index in [2.05, 4.69) is 91.7 Å². The van der Waals surface area contributed by atoms with Crippen LogP contribution in [0.5, 0.6) is 0 Å². The van der Waals surface area contributed by atoms with Crippen molar-refractivity contribution in [1.29, 1.82) is 0 Å². The zero-order valence-electron chi connectivity index (χ0n) is 34.1. The van der Waals surface area contributed by atoms with E-state index in [9.17, 15) is 19.8 Å². The molecule has 0 saturated carbocycles. The molecule has 0 aliphatic rings. The summed E-state index contributed by atoms with van der Waals surface area (Å²) in [5, 5.41) is 19.4. The molecule has 0 amide bonds. The third kappa shape index (κ3) is 33.1. The van der Waals surface area contributed by atoms with Gasteiger partial charge in [0.2, 0.25) is 0 Å². The number of carbonyl (C=O) groups is 2. The second kappa shape index (κ2) is 24.5. The molecule has 296 valence electrons. The van der Waals surface area contributed by atoms with Gasteiger partial charge in [-0.15, -0.1) is 0 Å². The Kier molecular flexibility index (Phi) is 25.2. The van der Waals surface area contributed by atoms with Crippen LogP contribution in [0.15, 0.2) is 24.3 Å². The van der Waals surface area contributed by atoms with Crippen molar-refractivity contribution in [3.8, 4) is 0 Å². The van der Waals surface area contributed by atoms with Gasteiger partial charge in [0.15, 0.2) is 33.3 Å². The first-order chi connectivity index (χ1) is 22.6. The topological polar surface area (TPSA) is 139 Å². The number of hydrogen-bond donors (Lipinski definition) is 2. The third-order valence-electron chi connectivity index (χ3n) is 6.24. The Morgan fingerprint density at radius 3 is 1.28 bits per heavy atom. The molecular formula is C34H74O11Si5. The molecule has 0 fully saturated rings. The Balaban J connectivity index is 0. The van der Waals surface area contributed by atoms with E-state index < -0.39 is 66.0 Å². The summed E-state index contributed by atoms with van der Waals surface area (Å²) in [6, 6.07) is 2.04. The van der Waals surface area contributed by atoms with Crippen molar-refractivity contribution < 1.29 is 51.1 Å². The summed E-state index contributed by atoms with van der Waals surface area (Å²) in [5.41, 5.74) is 0.639. The lowest BCUT2D eigenvalue weighted by Crippen LogP contribution is -2.52. The highest BCUT2D eigenvalue weighted by atomic mass is 28.5. The van der Waals surface area contributed by atoms with Gasteiger partial charge in [-0.1, -0.05) is 26.0 Å². The van der Waals surface area contributed by atoms with Crippen molar-refractivity contribution in [2.24, 2.45) is 0 Å². The maximum atomic E-state index is 11.3. The highest BCUT2D eigenvalue weighted by Crippen LogP contribution is 2.25. The van der Waals surface area contributed by atoms with Crippen LogP contribution in [0.4, 0.5) is 0 Å². The number of hydrogen-bond acceptors (Lipinski definition) is 11. The minimum absolute atomic E-state index is 0.0560. The molecule has 2 unspecified atom stereocenters. The largest absolute Gasteiger partial charge is 0.460 e. The monoisotopic (exact) mass is 798 g/mol. The molecule has 0 aromatic carbocycles. The SMILES string of the molecule is C=C(C)C(=O)OCC(O)COCCCCC[Si](C)(C)O[Si](C)(C)C.C=C(C)C(=O)OCC(O)COCCC[Si](C)(O[Si](C)(C)C)O[Si](C)(C)C. The average Bonchev–Trinajstić information content (AvgIpc) is 2.90. The molecule has 0 aliphatic heterocycles. The third-order valence-corrected chi connectivity index (χ3v) is 22.1. The number of aliphatic hydroxyl groups excluding tert-OH is 2. The molecule has 0 rings (SSSR count). The van der Waals surface area contributed by atoms with E-state index in [4.69, 9.17) is 31.3 Å². The Hall–Kier alpha value is -0.776. The summed E-state index contributed by atoms with van der Waals surface area (Å²) < 4.78 is 39.9. The van der Waals surface area contributed by atoms with Gasteiger partial charge in [-0.2, -0.15) is 0 Å². The van der Waals surface area contributed by atoms with Crippen LogP contribution >= 0.6 is 0 Å². The van der Waals surface area contributed by atoms with Gasteiger partial charge >= 0.3 is 20.5 Å². The van der Waals surface area contributed by atoms with Crippen LogP contribution in [-0.2, 0) is 40.9 Å². The molecule has 0 spiro atoms. The van der Waals surface area contributed by atoms with Gasteiger partial charge in [0.05, 0.1) is 13.2 Å². The van der Waals surface area contributed by atoms with E-state index in [1.165, 1.54) is 6.04 Å². The van der Waals surface area contributed by atoms with Crippen LogP contribution in [0.3, 0.4) is 0 Å². The summed E-state index contributed by atoms with van der Waals surface area (Å²) in [7, 11) is -8.58. The smallest absolute Gasteiger partial charge is 0.333 e. The zero-order chi connectivity index (χ0) is 39.4. The molecule has 0 bridgehead atoms. The quantitative estimate of drug-likeness (QED) is 0.0393. The Labute approximate surface area is 310 Å². The number of ether oxygens (including phenoxy) is 4. The van der Waals surface area contributed by atoms with Crippen LogP contribution in [-0.4, -0.2) is 116 Å². The molecule has 50 heavy (non-hydrogen) atoms. The second-order valence-corrected chi connectivity index (χ2v) is 38.6. The lowest BCUT2D eigenvalue weighted by atomic mass is 10.3. The standard InChI is InChI=1S/C17H38O6Si3.C17H36O5Si2/c1-15(2)17(19)21-14-16(18)13-20-11-10-12-26(9,22-24(3,4)5)23-25(6,7)8;1-15(2)17(19)21-14-16(18)13-20-11-9-8-10-12-24(6,7)22-23(3,4)5/h16,18H,1,10-14H2,2-9H3;16,18H,1,8-14H2,2-7H3. The molecule has 0 aromatic heterocycles. The molecule has 2 N–H and O–H groups in total. The number of unbranched alkanes of at least 4 members (excludes halogenated alkanes) is 2. The van der Waals surface area contributed by atoms with Gasteiger partial charge in [0.25, 0.3) is 0 Å². The maximum absolute atomic E-state index is 11.3. The molecule has 0 radical (unpaired) electrons. The van der Waals surface area contributed by atoms with E-state index in [0.717, 1.165) is 31.7 Å². The van der Waals surface area contributed by atoms with Crippen molar-refractivity contribution >= 4 is 53.8 Å². The Morgan fingerprint density at radius 2 is 0.920 bits per heavy atom. The van der Waals surface area contributed by atoms with Gasteiger partial charge < -0.3 is 41.5 Å². The van der Waals surface area contributed by atoms with Crippen LogP contribution in [0.25, 0.3) is 0 Å². The van der Waals surface area contributed by atoms with Gasteiger partial charge in [-0.3, -0.25) is 0 Å². The van der Waals surface area contributed by atoms with Crippen molar-refractivity contribution in [1.82, 2.24) is 0 Å². The van der Waals surface area contributed by atoms with E-state index in [0.29, 0.717) is 24.4 Å². The second-order valence-electron chi connectivity index (χ2n) is 16.7. The van der Waals surface area contributed by atoms with Crippen molar-refractivity contribution in [3.05, 3.63) is 24.3 Å². The molecular weight excluding hydrogens is 725 g/mol. The summed E-state index contributed by atoms with van der Waals surface area (Å²) >= 11 is 0. The first-order valence-corrected chi connectivity index (χ1v) is 33.7. The first-order valence-electron chi connectivity index (χ1n) is 17.8. The van der Waals surface area contributed by atoms with Crippen LogP contribution in [0.1, 0.15) is 39.5 Å². The summed E-state index contributed by atoms with van der Waals surface area (Å²) in [5.74, 6) is -0.987. The molecule has 11 nitrogen and oxygen atoms in total. The van der Waals surface area contributed by atoms with Crippen molar-refractivity contribution in [2.45, 2.75) is 142 Å². The number of esters is 2. The first kappa shape index (κ1) is 51.3. The van der Waals surface area contributed by atoms with Crippen molar-refractivity contribution in [3.63, 3.8) is 0 Å². The molecule has 0 saturated heterocycles. The van der Waals surface area contributed by atoms with Gasteiger partial charge in [0.1, 0.15) is 25.4 Å². The summed E-state index contributed by atoms with van der Waals surface area (Å²) in [6.45, 7) is 38.0. The van der Waals surface area contributed by atoms with Crippen LogP contribution in [0.2, 0.25) is 90.7 Å². The molecule has 16 heteroatoms. The Morgan fingerprint density at radius 1 is 0.540 bits per heavy atom. The molecule has 0 aromatic rings. The summed E-state index contributed by atoms with van der Waals surface area (Å²) in [4.78, 5) is 22.5. The van der Waals surface area contributed by atoms with Gasteiger partial charge in [-0.25, -0.2) is 9.59 Å². The van der Waals surface area contributed by atoms with Crippen LogP contribution in [0, 0.1) is 0 Å². The lowest BCUT2D eigenvalue weighted by molar-refractivity contribution is -0.143. The predicted molar refractivity (Wildman–Crippen MR) is 216 cm³/mol. The fourth-order valence-corrected chi connectivity index (χ4v) is 25.5. The highest BCUT2D eigenvalue weighted by molar-refractivity contribution is 6.87. The molecule has 0 heterocycles. The minimum Gasteiger partial charge on any atom is -0.460 e. The highest BCUT2D eigenvalue weighted by Gasteiger charge is 2.39. The van der Waals surface area contributed by atoms with E-state index in [1.54, 1.807) is 13.8 Å². The van der Waals surface area contributed by atoms with E-state index in [-0.39, 0.29) is 26.4 Å². The van der Waals surface area contributed by atoms with Crippen molar-refractivity contribution in [2.75, 3.05) is 39.6 Å². The van der Waals surface area contributed by atoms with Gasteiger partial charge in [0, 0.05) is 24.4 Å². The molecule has 2 atom stereocenters.